The van der Waals surface area contributed by atoms with Crippen molar-refractivity contribution in [2.75, 3.05) is 11.3 Å². The summed E-state index contributed by atoms with van der Waals surface area (Å²) in [6.07, 6.45) is 2.19. The third kappa shape index (κ3) is 3.97. The van der Waals surface area contributed by atoms with Crippen molar-refractivity contribution in [2.24, 2.45) is 0 Å². The molecule has 0 spiro atoms. The molecule has 0 amide bonds. The van der Waals surface area contributed by atoms with Crippen LogP contribution in [-0.2, 0) is 23.0 Å². The predicted molar refractivity (Wildman–Crippen MR) is 126 cm³/mol. The maximum absolute atomic E-state index is 15.1. The highest BCUT2D eigenvalue weighted by Gasteiger charge is 2.26. The van der Waals surface area contributed by atoms with Gasteiger partial charge in [0, 0.05) is 36.0 Å². The third-order valence-corrected chi connectivity index (χ3v) is 7.54. The molecule has 0 radical (unpaired) electrons. The SMILES string of the molecule is CC(c1cccc2c1CNCC2)n1c(=O)oc2cc(S(=O)(=O)Nc3cc(Cl)ccn3)c(F)cc21. The van der Waals surface area contributed by atoms with Gasteiger partial charge in [0.1, 0.15) is 16.5 Å². The van der Waals surface area contributed by atoms with Crippen LogP contribution in [0.1, 0.15) is 29.7 Å². The summed E-state index contributed by atoms with van der Waals surface area (Å²) < 4.78 is 49.6. The Morgan fingerprint density at radius 2 is 2.09 bits per heavy atom. The summed E-state index contributed by atoms with van der Waals surface area (Å²) in [6.45, 7) is 3.37. The lowest BCUT2D eigenvalue weighted by Gasteiger charge is -2.24. The number of oxazole rings is 1. The quantitative estimate of drug-likeness (QED) is 0.429. The van der Waals surface area contributed by atoms with Crippen molar-refractivity contribution in [1.82, 2.24) is 14.9 Å². The summed E-state index contributed by atoms with van der Waals surface area (Å²) in [5.74, 6) is -1.80. The first kappa shape index (κ1) is 22.6. The number of rotatable bonds is 5. The molecule has 2 aromatic carbocycles. The van der Waals surface area contributed by atoms with Crippen LogP contribution in [0.25, 0.3) is 11.1 Å². The van der Waals surface area contributed by atoms with Gasteiger partial charge in [-0.1, -0.05) is 29.8 Å². The van der Waals surface area contributed by atoms with Gasteiger partial charge < -0.3 is 9.73 Å². The second kappa shape index (κ2) is 8.53. The van der Waals surface area contributed by atoms with E-state index in [9.17, 15) is 13.2 Å². The van der Waals surface area contributed by atoms with Crippen LogP contribution in [0.3, 0.4) is 0 Å². The van der Waals surface area contributed by atoms with E-state index >= 15 is 4.39 Å². The fourth-order valence-electron chi connectivity index (χ4n) is 4.33. The molecule has 11 heteroatoms. The van der Waals surface area contributed by atoms with E-state index in [0.717, 1.165) is 36.2 Å². The molecule has 0 aliphatic carbocycles. The number of halogens is 2. The normalized spacial score (nSPS) is 14.7. The molecule has 0 fully saturated rings. The summed E-state index contributed by atoms with van der Waals surface area (Å²) in [5, 5.41) is 3.59. The molecule has 34 heavy (non-hydrogen) atoms. The highest BCUT2D eigenvalue weighted by atomic mass is 35.5. The van der Waals surface area contributed by atoms with E-state index in [1.54, 1.807) is 0 Å². The molecule has 2 N–H and O–H groups in total. The smallest absolute Gasteiger partial charge is 0.408 e. The molecule has 1 aliphatic rings. The van der Waals surface area contributed by atoms with Crippen molar-refractivity contribution < 1.29 is 17.2 Å². The highest BCUT2D eigenvalue weighted by Crippen LogP contribution is 2.30. The molecule has 176 valence electrons. The molecule has 2 aromatic heterocycles. The largest absolute Gasteiger partial charge is 0.420 e. The Morgan fingerprint density at radius 1 is 1.26 bits per heavy atom. The zero-order chi connectivity index (χ0) is 24.0. The van der Waals surface area contributed by atoms with Crippen LogP contribution in [0.2, 0.25) is 5.02 Å². The van der Waals surface area contributed by atoms with Crippen molar-refractivity contribution in [1.29, 1.82) is 0 Å². The van der Waals surface area contributed by atoms with Gasteiger partial charge in [0.15, 0.2) is 5.58 Å². The van der Waals surface area contributed by atoms with Crippen LogP contribution in [0.4, 0.5) is 10.2 Å². The number of sulfonamides is 1. The zero-order valence-corrected chi connectivity index (χ0v) is 19.6. The molecule has 0 saturated carbocycles. The topological polar surface area (TPSA) is 106 Å². The van der Waals surface area contributed by atoms with Gasteiger partial charge in [0.2, 0.25) is 0 Å². The van der Waals surface area contributed by atoms with Gasteiger partial charge in [-0.3, -0.25) is 9.29 Å². The minimum absolute atomic E-state index is 0.0411. The van der Waals surface area contributed by atoms with E-state index in [4.69, 9.17) is 16.0 Å². The Hall–Kier alpha value is -3.21. The molecule has 8 nitrogen and oxygen atoms in total. The van der Waals surface area contributed by atoms with Crippen LogP contribution < -0.4 is 15.8 Å². The summed E-state index contributed by atoms with van der Waals surface area (Å²) in [5.41, 5.74) is 3.33. The number of anilines is 1. The average Bonchev–Trinajstić information content (AvgIpc) is 3.12. The molecule has 1 unspecified atom stereocenters. The molecule has 1 aliphatic heterocycles. The predicted octanol–water partition coefficient (Wildman–Crippen LogP) is 3.84. The fourth-order valence-corrected chi connectivity index (χ4v) is 5.57. The average molecular weight is 503 g/mol. The van der Waals surface area contributed by atoms with Gasteiger partial charge >= 0.3 is 5.76 Å². The maximum Gasteiger partial charge on any atom is 0.420 e. The Kier molecular flexibility index (Phi) is 5.67. The number of hydrogen-bond donors (Lipinski definition) is 2. The van der Waals surface area contributed by atoms with Crippen LogP contribution in [-0.4, -0.2) is 24.5 Å². The van der Waals surface area contributed by atoms with E-state index in [2.05, 4.69) is 21.1 Å². The molecule has 1 atom stereocenters. The van der Waals surface area contributed by atoms with Gasteiger partial charge in [-0.15, -0.1) is 0 Å². The van der Waals surface area contributed by atoms with Crippen LogP contribution in [0.5, 0.6) is 0 Å². The summed E-state index contributed by atoms with van der Waals surface area (Å²) in [4.78, 5) is 16.0. The molecular weight excluding hydrogens is 483 g/mol. The van der Waals surface area contributed by atoms with E-state index in [0.29, 0.717) is 6.54 Å². The minimum atomic E-state index is -4.37. The lowest BCUT2D eigenvalue weighted by atomic mass is 9.92. The number of aromatic nitrogens is 2. The number of benzene rings is 2. The number of nitrogens with zero attached hydrogens (tertiary/aromatic N) is 2. The van der Waals surface area contributed by atoms with Crippen molar-refractivity contribution in [3.63, 3.8) is 0 Å². The molecule has 3 heterocycles. The van der Waals surface area contributed by atoms with Gasteiger partial charge in [-0.2, -0.15) is 0 Å². The molecule has 0 bridgehead atoms. The minimum Gasteiger partial charge on any atom is -0.408 e. The number of hydrogen-bond acceptors (Lipinski definition) is 6. The summed E-state index contributed by atoms with van der Waals surface area (Å²) >= 11 is 5.87. The molecular formula is C23H20ClFN4O4S. The lowest BCUT2D eigenvalue weighted by molar-refractivity contribution is 0.486. The second-order valence-corrected chi connectivity index (χ2v) is 10.1. The second-order valence-electron chi connectivity index (χ2n) is 8.04. The van der Waals surface area contributed by atoms with Gasteiger partial charge in [0.25, 0.3) is 10.0 Å². The van der Waals surface area contributed by atoms with E-state index in [1.165, 1.54) is 28.5 Å². The van der Waals surface area contributed by atoms with E-state index in [1.807, 2.05) is 19.1 Å². The molecule has 4 aromatic rings. The highest BCUT2D eigenvalue weighted by molar-refractivity contribution is 7.92. The van der Waals surface area contributed by atoms with E-state index < -0.39 is 32.5 Å². The third-order valence-electron chi connectivity index (χ3n) is 5.94. The van der Waals surface area contributed by atoms with Gasteiger partial charge in [0.05, 0.1) is 11.6 Å². The fraction of sp³-hybridized carbons (Fsp3) is 0.217. The monoisotopic (exact) mass is 502 g/mol. The maximum atomic E-state index is 15.1. The van der Waals surface area contributed by atoms with Gasteiger partial charge in [-0.05, 0) is 42.6 Å². The molecule has 5 rings (SSSR count). The Balaban J connectivity index is 1.58. The lowest BCUT2D eigenvalue weighted by Crippen LogP contribution is -2.27. The number of fused-ring (bicyclic) bond motifs is 2. The van der Waals surface area contributed by atoms with E-state index in [-0.39, 0.29) is 21.9 Å². The summed E-state index contributed by atoms with van der Waals surface area (Å²) in [7, 11) is -4.37. The van der Waals surface area contributed by atoms with Gasteiger partial charge in [-0.25, -0.2) is 22.6 Å². The first-order valence-electron chi connectivity index (χ1n) is 10.5. The Bertz CT molecular complexity index is 1580. The van der Waals surface area contributed by atoms with Crippen molar-refractivity contribution in [3.05, 3.63) is 86.7 Å². The molecule has 0 saturated heterocycles. The van der Waals surface area contributed by atoms with Crippen LogP contribution >= 0.6 is 11.6 Å². The number of nitrogens with one attached hydrogen (secondary N) is 2. The zero-order valence-electron chi connectivity index (χ0n) is 18.0. The summed E-state index contributed by atoms with van der Waals surface area (Å²) in [6, 6.07) is 10.2. The Morgan fingerprint density at radius 3 is 2.88 bits per heavy atom. The first-order chi connectivity index (χ1) is 16.2. The standard InChI is InChI=1S/C23H20ClFN4O4S/c1-13(16-4-2-3-14-5-7-26-12-17(14)16)29-19-10-18(25)21(11-20(19)33-23(29)30)34(31,32)28-22-9-15(24)6-8-27-22/h2-4,6,8-11,13,26H,5,7,12H2,1H3,(H,27,28). The van der Waals surface area contributed by atoms with Crippen molar-refractivity contribution >= 4 is 38.5 Å². The number of pyridine rings is 1. The first-order valence-corrected chi connectivity index (χ1v) is 12.4. The Labute approximate surface area is 199 Å². The van der Waals surface area contributed by atoms with Crippen LogP contribution in [0, 0.1) is 5.82 Å². The van der Waals surface area contributed by atoms with Crippen molar-refractivity contribution in [3.8, 4) is 0 Å². The van der Waals surface area contributed by atoms with Crippen LogP contribution in [0.15, 0.2) is 62.8 Å². The van der Waals surface area contributed by atoms with Crippen molar-refractivity contribution in [2.45, 2.75) is 30.8 Å².